The summed E-state index contributed by atoms with van der Waals surface area (Å²) in [6, 6.07) is 0. The van der Waals surface area contributed by atoms with Gasteiger partial charge in [-0.3, -0.25) is 4.79 Å². The minimum Gasteiger partial charge on any atom is -0.366 e. The summed E-state index contributed by atoms with van der Waals surface area (Å²) in [5.41, 5.74) is 7.86. The largest absolute Gasteiger partial charge is 0.366 e. The number of nitrogens with two attached hydrogens (primary N) is 1. The topological polar surface area (TPSA) is 43.1 Å². The van der Waals surface area contributed by atoms with Gasteiger partial charge in [-0.05, 0) is 23.3 Å². The van der Waals surface area contributed by atoms with Crippen molar-refractivity contribution < 1.29 is 4.79 Å². The van der Waals surface area contributed by atoms with Crippen molar-refractivity contribution in [2.24, 2.45) is 5.73 Å². The zero-order valence-corrected chi connectivity index (χ0v) is 5.87. The Bertz CT molecular complexity index is 343. The Kier molecular flexibility index (Phi) is 1.09. The van der Waals surface area contributed by atoms with Crippen LogP contribution in [0.2, 0.25) is 0 Å². The van der Waals surface area contributed by atoms with E-state index in [1.54, 1.807) is 12.2 Å². The average molecular weight is 145 g/mol. The molecule has 0 aromatic carbocycles. The lowest BCUT2D eigenvalue weighted by molar-refractivity contribution is -0.114. The molecule has 2 nitrogen and oxygen atoms in total. The molecule has 0 fully saturated rings. The summed E-state index contributed by atoms with van der Waals surface area (Å²) in [7, 11) is 0. The molecule has 1 amide bonds. The van der Waals surface area contributed by atoms with Gasteiger partial charge in [-0.25, -0.2) is 0 Å². The zero-order chi connectivity index (χ0) is 7.84. The Morgan fingerprint density at radius 1 is 1.27 bits per heavy atom. The van der Waals surface area contributed by atoms with E-state index in [9.17, 15) is 4.79 Å². The van der Waals surface area contributed by atoms with E-state index >= 15 is 0 Å². The Morgan fingerprint density at radius 2 is 2.09 bits per heavy atom. The molecule has 0 radical (unpaired) electrons. The van der Waals surface area contributed by atoms with E-state index in [1.807, 2.05) is 18.2 Å². The molecular formula is C9H7NO. The number of allylic oxidation sites excluding steroid dienone is 6. The highest BCUT2D eigenvalue weighted by molar-refractivity contribution is 5.98. The van der Waals surface area contributed by atoms with Crippen LogP contribution in [0.3, 0.4) is 0 Å². The van der Waals surface area contributed by atoms with E-state index in [-0.39, 0.29) is 5.91 Å². The molecule has 0 atom stereocenters. The first-order valence-electron chi connectivity index (χ1n) is 3.39. The van der Waals surface area contributed by atoms with Gasteiger partial charge in [0.05, 0.1) is 0 Å². The van der Waals surface area contributed by atoms with E-state index in [0.717, 1.165) is 11.1 Å². The van der Waals surface area contributed by atoms with Crippen molar-refractivity contribution in [1.29, 1.82) is 0 Å². The maximum Gasteiger partial charge on any atom is 0.248 e. The lowest BCUT2D eigenvalue weighted by Gasteiger charge is -1.86. The van der Waals surface area contributed by atoms with Crippen LogP contribution in [0.15, 0.2) is 47.1 Å². The molecule has 0 saturated heterocycles. The fraction of sp³-hybridized carbons (Fsp3) is 0. The molecule has 0 heterocycles. The van der Waals surface area contributed by atoms with Gasteiger partial charge >= 0.3 is 0 Å². The lowest BCUT2D eigenvalue weighted by Crippen LogP contribution is -2.11. The summed E-state index contributed by atoms with van der Waals surface area (Å²) in [6.45, 7) is 0. The highest BCUT2D eigenvalue weighted by Crippen LogP contribution is 2.27. The van der Waals surface area contributed by atoms with Crippen LogP contribution in [0.5, 0.6) is 0 Å². The molecular weight excluding hydrogens is 138 g/mol. The maximum atomic E-state index is 10.7. The number of hydrogen-bond donors (Lipinski definition) is 1. The predicted molar refractivity (Wildman–Crippen MR) is 42.6 cm³/mol. The quantitative estimate of drug-likeness (QED) is 0.583. The van der Waals surface area contributed by atoms with Gasteiger partial charge in [-0.1, -0.05) is 18.2 Å². The zero-order valence-electron chi connectivity index (χ0n) is 5.87. The summed E-state index contributed by atoms with van der Waals surface area (Å²) in [5, 5.41) is 0. The third kappa shape index (κ3) is 0.835. The van der Waals surface area contributed by atoms with E-state index in [0.29, 0.717) is 5.57 Å². The third-order valence-electron chi connectivity index (χ3n) is 1.79. The van der Waals surface area contributed by atoms with Gasteiger partial charge in [0, 0.05) is 5.57 Å². The molecule has 0 saturated carbocycles. The van der Waals surface area contributed by atoms with E-state index in [2.05, 4.69) is 0 Å². The predicted octanol–water partition coefficient (Wildman–Crippen LogP) is 0.834. The van der Waals surface area contributed by atoms with Crippen molar-refractivity contribution in [2.45, 2.75) is 0 Å². The smallest absolute Gasteiger partial charge is 0.248 e. The summed E-state index contributed by atoms with van der Waals surface area (Å²) >= 11 is 0. The number of rotatable bonds is 1. The fourth-order valence-electron chi connectivity index (χ4n) is 1.23. The molecule has 54 valence electrons. The Morgan fingerprint density at radius 3 is 2.73 bits per heavy atom. The van der Waals surface area contributed by atoms with E-state index < -0.39 is 0 Å². The first kappa shape index (κ1) is 6.16. The lowest BCUT2D eigenvalue weighted by atomic mass is 10.2. The molecule has 0 unspecified atom stereocenters. The summed E-state index contributed by atoms with van der Waals surface area (Å²) in [4.78, 5) is 10.7. The van der Waals surface area contributed by atoms with Crippen molar-refractivity contribution in [3.63, 3.8) is 0 Å². The number of carbonyl (C=O) groups excluding carboxylic acids is 1. The number of hydrogen-bond acceptors (Lipinski definition) is 1. The molecule has 2 heteroatoms. The van der Waals surface area contributed by atoms with Gasteiger partial charge in [0.25, 0.3) is 0 Å². The monoisotopic (exact) mass is 145 g/mol. The third-order valence-corrected chi connectivity index (χ3v) is 1.79. The van der Waals surface area contributed by atoms with Crippen molar-refractivity contribution >= 4 is 5.91 Å². The Hall–Kier alpha value is -1.57. The summed E-state index contributed by atoms with van der Waals surface area (Å²) < 4.78 is 0. The van der Waals surface area contributed by atoms with Crippen LogP contribution in [-0.4, -0.2) is 5.91 Å². The van der Waals surface area contributed by atoms with Crippen LogP contribution in [-0.2, 0) is 4.79 Å². The van der Waals surface area contributed by atoms with Crippen molar-refractivity contribution in [3.8, 4) is 0 Å². The fourth-order valence-corrected chi connectivity index (χ4v) is 1.23. The molecule has 2 N–H and O–H groups in total. The molecule has 2 aliphatic rings. The van der Waals surface area contributed by atoms with Gasteiger partial charge < -0.3 is 5.73 Å². The first-order valence-corrected chi connectivity index (χ1v) is 3.39. The minimum atomic E-state index is -0.360. The van der Waals surface area contributed by atoms with Gasteiger partial charge in [0.1, 0.15) is 0 Å². The molecule has 0 aliphatic heterocycles. The molecule has 0 aromatic rings. The van der Waals surface area contributed by atoms with Crippen LogP contribution < -0.4 is 5.73 Å². The number of amides is 1. The second kappa shape index (κ2) is 1.95. The van der Waals surface area contributed by atoms with E-state index in [1.165, 1.54) is 0 Å². The molecule has 0 aromatic heterocycles. The summed E-state index contributed by atoms with van der Waals surface area (Å²) in [6.07, 6.45) is 9.48. The van der Waals surface area contributed by atoms with Gasteiger partial charge in [0.2, 0.25) is 5.91 Å². The molecule has 0 spiro atoms. The Balaban J connectivity index is 2.41. The number of fused-ring (bicyclic) bond motifs is 1. The second-order valence-electron chi connectivity index (χ2n) is 2.54. The second-order valence-corrected chi connectivity index (χ2v) is 2.54. The van der Waals surface area contributed by atoms with E-state index in [4.69, 9.17) is 5.73 Å². The molecule has 2 rings (SSSR count). The number of carbonyl (C=O) groups is 1. The highest BCUT2D eigenvalue weighted by Gasteiger charge is 2.14. The van der Waals surface area contributed by atoms with Crippen molar-refractivity contribution in [3.05, 3.63) is 47.1 Å². The maximum absolute atomic E-state index is 10.7. The first-order chi connectivity index (χ1) is 5.27. The average Bonchev–Trinajstić information content (AvgIpc) is 2.40. The van der Waals surface area contributed by atoms with Crippen LogP contribution in [0.4, 0.5) is 0 Å². The van der Waals surface area contributed by atoms with Crippen LogP contribution in [0, 0.1) is 0 Å². The van der Waals surface area contributed by atoms with Crippen molar-refractivity contribution in [1.82, 2.24) is 0 Å². The molecule has 11 heavy (non-hydrogen) atoms. The van der Waals surface area contributed by atoms with Gasteiger partial charge in [0.15, 0.2) is 0 Å². The standard InChI is InChI=1S/C9H7NO/c10-9(11)8-4-6-2-1-3-7(6)5-8/h1-5H,(H2,10,11). The molecule has 0 bridgehead atoms. The van der Waals surface area contributed by atoms with Crippen LogP contribution in [0.1, 0.15) is 0 Å². The minimum absolute atomic E-state index is 0.360. The van der Waals surface area contributed by atoms with Crippen molar-refractivity contribution in [2.75, 3.05) is 0 Å². The van der Waals surface area contributed by atoms with Gasteiger partial charge in [-0.2, -0.15) is 0 Å². The SMILES string of the molecule is NC(=O)C1=CC2=CC=CC2=C1. The number of primary amides is 1. The van der Waals surface area contributed by atoms with Gasteiger partial charge in [-0.15, -0.1) is 0 Å². The van der Waals surface area contributed by atoms with Crippen LogP contribution >= 0.6 is 0 Å². The normalized spacial score (nSPS) is 19.1. The Labute approximate surface area is 64.4 Å². The molecule has 2 aliphatic carbocycles. The highest BCUT2D eigenvalue weighted by atomic mass is 16.1. The van der Waals surface area contributed by atoms with Crippen LogP contribution in [0.25, 0.3) is 0 Å². The summed E-state index contributed by atoms with van der Waals surface area (Å²) in [5.74, 6) is -0.360.